The van der Waals surface area contributed by atoms with Gasteiger partial charge in [-0.1, -0.05) is 11.6 Å². The molecule has 2 aliphatic heterocycles. The number of carbonyl (C=O) groups is 2. The molecule has 3 aliphatic rings. The third-order valence-electron chi connectivity index (χ3n) is 6.62. The van der Waals surface area contributed by atoms with E-state index in [-0.39, 0.29) is 29.9 Å². The number of fused-ring (bicyclic) bond motifs is 1. The Morgan fingerprint density at radius 2 is 2.20 bits per heavy atom. The summed E-state index contributed by atoms with van der Waals surface area (Å²) in [6.45, 7) is 5.19. The minimum atomic E-state index is -0.381. The van der Waals surface area contributed by atoms with Gasteiger partial charge in [0.05, 0.1) is 31.9 Å². The Labute approximate surface area is 174 Å². The lowest BCUT2D eigenvalue weighted by Crippen LogP contribution is -2.46. The summed E-state index contributed by atoms with van der Waals surface area (Å²) >= 11 is 0. The van der Waals surface area contributed by atoms with Gasteiger partial charge < -0.3 is 15.0 Å². The van der Waals surface area contributed by atoms with Crippen LogP contribution in [0.25, 0.3) is 0 Å². The van der Waals surface area contributed by atoms with Crippen LogP contribution in [0.3, 0.4) is 0 Å². The first-order valence-electron chi connectivity index (χ1n) is 10.7. The van der Waals surface area contributed by atoms with Gasteiger partial charge in [-0.05, 0) is 32.3 Å². The molecule has 1 unspecified atom stereocenters. The standard InChI is InChI=1S/C20H27N7O3/c1-2-26-16(6-8-22-26)18(28)21-10-15-17-11-30-20(13-27(17)24-23-15)7-9-25(12-20)19(29)14-4-3-5-14/h6,8,14H,2-5,7,9-13H2,1H3,(H,21,28). The summed E-state index contributed by atoms with van der Waals surface area (Å²) in [5.41, 5.74) is 1.74. The van der Waals surface area contributed by atoms with E-state index in [1.807, 2.05) is 16.5 Å². The number of aromatic nitrogens is 5. The molecule has 30 heavy (non-hydrogen) atoms. The molecule has 0 bridgehead atoms. The van der Waals surface area contributed by atoms with E-state index in [4.69, 9.17) is 4.74 Å². The lowest BCUT2D eigenvalue weighted by atomic mass is 9.84. The van der Waals surface area contributed by atoms with Gasteiger partial charge in [-0.3, -0.25) is 14.3 Å². The number of ether oxygens (including phenoxy) is 1. The molecule has 10 heteroatoms. The van der Waals surface area contributed by atoms with Crippen LogP contribution in [0, 0.1) is 5.92 Å². The lowest BCUT2D eigenvalue weighted by molar-refractivity contribution is -0.140. The molecule has 1 saturated carbocycles. The van der Waals surface area contributed by atoms with Crippen LogP contribution in [0.4, 0.5) is 0 Å². The van der Waals surface area contributed by atoms with Gasteiger partial charge in [0, 0.05) is 25.2 Å². The SMILES string of the molecule is CCn1nccc1C(=O)NCc1nnn2c1COC1(CCN(C(=O)C3CCC3)C1)C2. The van der Waals surface area contributed by atoms with Crippen molar-refractivity contribution in [2.45, 2.75) is 64.4 Å². The van der Waals surface area contributed by atoms with Gasteiger partial charge in [-0.25, -0.2) is 4.68 Å². The molecule has 0 aromatic carbocycles. The fraction of sp³-hybridized carbons (Fsp3) is 0.650. The van der Waals surface area contributed by atoms with Gasteiger partial charge in [-0.15, -0.1) is 5.10 Å². The Morgan fingerprint density at radius 1 is 1.33 bits per heavy atom. The maximum absolute atomic E-state index is 12.6. The van der Waals surface area contributed by atoms with Crippen molar-refractivity contribution in [3.63, 3.8) is 0 Å². The molecule has 2 aromatic heterocycles. The molecule has 1 N–H and O–H groups in total. The number of amides is 2. The van der Waals surface area contributed by atoms with E-state index >= 15 is 0 Å². The molecule has 1 spiro atoms. The quantitative estimate of drug-likeness (QED) is 0.774. The molecular weight excluding hydrogens is 386 g/mol. The van der Waals surface area contributed by atoms with Crippen LogP contribution in [-0.4, -0.2) is 60.2 Å². The van der Waals surface area contributed by atoms with Crippen molar-refractivity contribution in [3.8, 4) is 0 Å². The Balaban J connectivity index is 1.22. The summed E-state index contributed by atoms with van der Waals surface area (Å²) in [4.78, 5) is 27.0. The predicted molar refractivity (Wildman–Crippen MR) is 105 cm³/mol. The highest BCUT2D eigenvalue weighted by Gasteiger charge is 2.46. The molecule has 0 radical (unpaired) electrons. The molecule has 2 amide bonds. The first-order valence-corrected chi connectivity index (χ1v) is 10.7. The van der Waals surface area contributed by atoms with Crippen LogP contribution in [0.5, 0.6) is 0 Å². The van der Waals surface area contributed by atoms with Crippen molar-refractivity contribution in [3.05, 3.63) is 29.3 Å². The van der Waals surface area contributed by atoms with Crippen molar-refractivity contribution >= 4 is 11.8 Å². The minimum absolute atomic E-state index is 0.190. The summed E-state index contributed by atoms with van der Waals surface area (Å²) in [6.07, 6.45) is 5.63. The number of likely N-dealkylation sites (tertiary alicyclic amines) is 1. The molecule has 1 atom stereocenters. The number of carbonyl (C=O) groups excluding carboxylic acids is 2. The second-order valence-electron chi connectivity index (χ2n) is 8.46. The van der Waals surface area contributed by atoms with Crippen LogP contribution in [0.2, 0.25) is 0 Å². The van der Waals surface area contributed by atoms with E-state index in [9.17, 15) is 9.59 Å². The molecule has 1 saturated heterocycles. The maximum Gasteiger partial charge on any atom is 0.269 e. The van der Waals surface area contributed by atoms with Crippen molar-refractivity contribution < 1.29 is 14.3 Å². The average Bonchev–Trinajstić information content (AvgIpc) is 3.43. The first-order chi connectivity index (χ1) is 14.6. The smallest absolute Gasteiger partial charge is 0.269 e. The molecule has 1 aliphatic carbocycles. The zero-order valence-corrected chi connectivity index (χ0v) is 17.2. The second-order valence-corrected chi connectivity index (χ2v) is 8.46. The van der Waals surface area contributed by atoms with Crippen molar-refractivity contribution in [1.29, 1.82) is 0 Å². The Morgan fingerprint density at radius 3 is 2.97 bits per heavy atom. The van der Waals surface area contributed by atoms with Gasteiger partial charge in [0.25, 0.3) is 5.91 Å². The lowest BCUT2D eigenvalue weighted by Gasteiger charge is -2.35. The molecule has 5 rings (SSSR count). The summed E-state index contributed by atoms with van der Waals surface area (Å²) in [6, 6.07) is 1.70. The molecule has 160 valence electrons. The molecule has 2 fully saturated rings. The topological polar surface area (TPSA) is 107 Å². The number of nitrogens with one attached hydrogen (secondary N) is 1. The summed E-state index contributed by atoms with van der Waals surface area (Å²) in [7, 11) is 0. The monoisotopic (exact) mass is 413 g/mol. The fourth-order valence-electron chi connectivity index (χ4n) is 4.56. The second kappa shape index (κ2) is 7.50. The number of nitrogens with zero attached hydrogens (tertiary/aromatic N) is 6. The van der Waals surface area contributed by atoms with E-state index in [0.717, 1.165) is 37.9 Å². The molecule has 10 nitrogen and oxygen atoms in total. The highest BCUT2D eigenvalue weighted by Crippen LogP contribution is 2.36. The van der Waals surface area contributed by atoms with E-state index in [2.05, 4.69) is 20.7 Å². The third-order valence-corrected chi connectivity index (χ3v) is 6.62. The zero-order chi connectivity index (χ0) is 20.7. The van der Waals surface area contributed by atoms with Crippen LogP contribution >= 0.6 is 0 Å². The predicted octanol–water partition coefficient (Wildman–Crippen LogP) is 0.726. The highest BCUT2D eigenvalue weighted by molar-refractivity contribution is 5.92. The number of hydrogen-bond donors (Lipinski definition) is 1. The van der Waals surface area contributed by atoms with Crippen LogP contribution in [0.15, 0.2) is 12.3 Å². The van der Waals surface area contributed by atoms with Gasteiger partial charge in [0.15, 0.2) is 0 Å². The van der Waals surface area contributed by atoms with E-state index in [1.165, 1.54) is 0 Å². The highest BCUT2D eigenvalue weighted by atomic mass is 16.5. The van der Waals surface area contributed by atoms with E-state index in [0.29, 0.717) is 37.6 Å². The largest absolute Gasteiger partial charge is 0.365 e. The minimum Gasteiger partial charge on any atom is -0.365 e. The van der Waals surface area contributed by atoms with Gasteiger partial charge in [0.2, 0.25) is 5.91 Å². The fourth-order valence-corrected chi connectivity index (χ4v) is 4.56. The average molecular weight is 413 g/mol. The maximum atomic E-state index is 12.6. The van der Waals surface area contributed by atoms with E-state index in [1.54, 1.807) is 16.9 Å². The summed E-state index contributed by atoms with van der Waals surface area (Å²) in [5, 5.41) is 15.6. The Kier molecular flexibility index (Phi) is 4.80. The third kappa shape index (κ3) is 3.28. The van der Waals surface area contributed by atoms with Crippen molar-refractivity contribution in [1.82, 2.24) is 35.0 Å². The normalized spacial score (nSPS) is 23.4. The van der Waals surface area contributed by atoms with Crippen molar-refractivity contribution in [2.75, 3.05) is 13.1 Å². The van der Waals surface area contributed by atoms with E-state index < -0.39 is 0 Å². The summed E-state index contributed by atoms with van der Waals surface area (Å²) in [5.74, 6) is 0.302. The Hall–Kier alpha value is -2.75. The van der Waals surface area contributed by atoms with Crippen LogP contribution in [-0.2, 0) is 35.8 Å². The van der Waals surface area contributed by atoms with Crippen molar-refractivity contribution in [2.24, 2.45) is 5.92 Å². The van der Waals surface area contributed by atoms with Gasteiger partial charge in [0.1, 0.15) is 17.0 Å². The number of aryl methyl sites for hydroxylation is 1. The molecular formula is C20H27N7O3. The number of hydrogen-bond acceptors (Lipinski definition) is 6. The van der Waals surface area contributed by atoms with Crippen LogP contribution in [0.1, 0.15) is 54.5 Å². The number of rotatable bonds is 5. The zero-order valence-electron chi connectivity index (χ0n) is 17.2. The molecule has 2 aromatic rings. The molecule has 4 heterocycles. The van der Waals surface area contributed by atoms with Gasteiger partial charge in [-0.2, -0.15) is 5.10 Å². The first kappa shape index (κ1) is 19.2. The summed E-state index contributed by atoms with van der Waals surface area (Å²) < 4.78 is 9.78. The van der Waals surface area contributed by atoms with Crippen LogP contribution < -0.4 is 5.32 Å². The van der Waals surface area contributed by atoms with Gasteiger partial charge >= 0.3 is 0 Å². The Bertz CT molecular complexity index is 964.